The average molecular weight is 294 g/mol. The van der Waals surface area contributed by atoms with Crippen LogP contribution in [0.1, 0.15) is 18.7 Å². The summed E-state index contributed by atoms with van der Waals surface area (Å²) in [6.07, 6.45) is 1.61. The molecule has 5 nitrogen and oxygen atoms in total. The second kappa shape index (κ2) is 5.91. The van der Waals surface area contributed by atoms with E-state index in [-0.39, 0.29) is 6.10 Å². The molecule has 3 rings (SSSR count). The predicted molar refractivity (Wildman–Crippen MR) is 75.3 cm³/mol. The summed E-state index contributed by atoms with van der Waals surface area (Å²) in [7, 11) is 0. The van der Waals surface area contributed by atoms with Crippen molar-refractivity contribution in [3.05, 3.63) is 35.1 Å². The number of piperidine rings is 1. The summed E-state index contributed by atoms with van der Waals surface area (Å²) in [6, 6.07) is 7.39. The minimum atomic E-state index is -0.251. The van der Waals surface area contributed by atoms with Crippen molar-refractivity contribution in [1.29, 1.82) is 0 Å². The molecule has 0 spiro atoms. The van der Waals surface area contributed by atoms with Gasteiger partial charge in [-0.05, 0) is 31.5 Å². The van der Waals surface area contributed by atoms with E-state index in [0.717, 1.165) is 24.9 Å². The highest BCUT2D eigenvalue weighted by molar-refractivity contribution is 6.33. The molecule has 2 heterocycles. The van der Waals surface area contributed by atoms with Crippen molar-refractivity contribution >= 4 is 11.6 Å². The van der Waals surface area contributed by atoms with Gasteiger partial charge in [-0.1, -0.05) is 28.9 Å². The fourth-order valence-electron chi connectivity index (χ4n) is 2.44. The molecule has 20 heavy (non-hydrogen) atoms. The van der Waals surface area contributed by atoms with Crippen LogP contribution in [0.4, 0.5) is 0 Å². The van der Waals surface area contributed by atoms with Crippen molar-refractivity contribution in [1.82, 2.24) is 15.0 Å². The summed E-state index contributed by atoms with van der Waals surface area (Å²) in [5.41, 5.74) is 0.742. The van der Waals surface area contributed by atoms with E-state index in [0.29, 0.717) is 29.8 Å². The van der Waals surface area contributed by atoms with Crippen molar-refractivity contribution in [2.24, 2.45) is 0 Å². The number of aliphatic hydroxyl groups excluding tert-OH is 1. The van der Waals surface area contributed by atoms with Gasteiger partial charge in [-0.25, -0.2) is 0 Å². The van der Waals surface area contributed by atoms with Crippen molar-refractivity contribution in [2.75, 3.05) is 13.1 Å². The topological polar surface area (TPSA) is 62.4 Å². The zero-order chi connectivity index (χ0) is 13.9. The predicted octanol–water partition coefficient (Wildman–Crippen LogP) is 2.35. The molecule has 0 bridgehead atoms. The third-order valence-electron chi connectivity index (χ3n) is 3.42. The smallest absolute Gasteiger partial charge is 0.259 e. The van der Waals surface area contributed by atoms with Crippen molar-refractivity contribution in [2.45, 2.75) is 25.5 Å². The summed E-state index contributed by atoms with van der Waals surface area (Å²) in [4.78, 5) is 6.51. The third-order valence-corrected chi connectivity index (χ3v) is 3.75. The van der Waals surface area contributed by atoms with Gasteiger partial charge < -0.3 is 9.63 Å². The fourth-order valence-corrected chi connectivity index (χ4v) is 2.65. The van der Waals surface area contributed by atoms with Crippen molar-refractivity contribution in [3.63, 3.8) is 0 Å². The fraction of sp³-hybridized carbons (Fsp3) is 0.429. The van der Waals surface area contributed by atoms with Crippen molar-refractivity contribution < 1.29 is 9.63 Å². The second-order valence-electron chi connectivity index (χ2n) is 5.03. The van der Waals surface area contributed by atoms with Crippen LogP contribution in [0.3, 0.4) is 0 Å². The van der Waals surface area contributed by atoms with E-state index >= 15 is 0 Å². The molecule has 1 aliphatic rings. The molecule has 6 heteroatoms. The van der Waals surface area contributed by atoms with Crippen LogP contribution in [0.5, 0.6) is 0 Å². The normalized spacial score (nSPS) is 20.2. The molecule has 1 aromatic heterocycles. The number of likely N-dealkylation sites (tertiary alicyclic amines) is 1. The minimum absolute atomic E-state index is 0.251. The first-order valence-electron chi connectivity index (χ1n) is 6.70. The van der Waals surface area contributed by atoms with Crippen LogP contribution in [0, 0.1) is 0 Å². The largest absolute Gasteiger partial charge is 0.392 e. The monoisotopic (exact) mass is 293 g/mol. The zero-order valence-corrected chi connectivity index (χ0v) is 11.8. The van der Waals surface area contributed by atoms with Gasteiger partial charge in [0.15, 0.2) is 5.82 Å². The highest BCUT2D eigenvalue weighted by Crippen LogP contribution is 2.26. The lowest BCUT2D eigenvalue weighted by Crippen LogP contribution is -2.37. The Kier molecular flexibility index (Phi) is 4.00. The molecule has 1 fully saturated rings. The Balaban J connectivity index is 1.72. The van der Waals surface area contributed by atoms with Gasteiger partial charge in [0.05, 0.1) is 23.2 Å². The zero-order valence-electron chi connectivity index (χ0n) is 11.0. The van der Waals surface area contributed by atoms with Gasteiger partial charge in [0.2, 0.25) is 0 Å². The number of rotatable bonds is 3. The molecule has 1 aliphatic heterocycles. The minimum Gasteiger partial charge on any atom is -0.392 e. The Hall–Kier alpha value is -1.43. The van der Waals surface area contributed by atoms with Gasteiger partial charge in [0.1, 0.15) is 0 Å². The first-order chi connectivity index (χ1) is 9.72. The van der Waals surface area contributed by atoms with Gasteiger partial charge in [0.25, 0.3) is 5.89 Å². The lowest BCUT2D eigenvalue weighted by atomic mass is 10.1. The lowest BCUT2D eigenvalue weighted by Gasteiger charge is -2.28. The Morgan fingerprint density at radius 2 is 2.25 bits per heavy atom. The second-order valence-corrected chi connectivity index (χ2v) is 5.43. The van der Waals surface area contributed by atoms with E-state index < -0.39 is 0 Å². The number of hydrogen-bond donors (Lipinski definition) is 1. The molecule has 0 radical (unpaired) electrons. The summed E-state index contributed by atoms with van der Waals surface area (Å²) in [5, 5.41) is 14.2. The van der Waals surface area contributed by atoms with Crippen LogP contribution in [0.2, 0.25) is 5.02 Å². The highest BCUT2D eigenvalue weighted by Gasteiger charge is 2.20. The quantitative estimate of drug-likeness (QED) is 0.941. The van der Waals surface area contributed by atoms with E-state index in [1.807, 2.05) is 18.2 Å². The summed E-state index contributed by atoms with van der Waals surface area (Å²) >= 11 is 6.11. The van der Waals surface area contributed by atoms with E-state index in [4.69, 9.17) is 16.1 Å². The Morgan fingerprint density at radius 3 is 3.05 bits per heavy atom. The van der Waals surface area contributed by atoms with Crippen LogP contribution in [0.15, 0.2) is 28.8 Å². The molecule has 1 saturated heterocycles. The van der Waals surface area contributed by atoms with E-state index in [9.17, 15) is 5.11 Å². The Morgan fingerprint density at radius 1 is 1.40 bits per heavy atom. The highest BCUT2D eigenvalue weighted by atomic mass is 35.5. The number of halogens is 1. The number of benzene rings is 1. The van der Waals surface area contributed by atoms with Gasteiger partial charge in [-0.2, -0.15) is 4.98 Å². The average Bonchev–Trinajstić information content (AvgIpc) is 2.87. The van der Waals surface area contributed by atoms with Crippen LogP contribution >= 0.6 is 11.6 Å². The Bertz CT molecular complexity index is 587. The van der Waals surface area contributed by atoms with Gasteiger partial charge in [-0.3, -0.25) is 4.90 Å². The molecule has 0 amide bonds. The Labute approximate surface area is 122 Å². The van der Waals surface area contributed by atoms with Crippen LogP contribution < -0.4 is 0 Å². The van der Waals surface area contributed by atoms with Gasteiger partial charge in [-0.15, -0.1) is 0 Å². The number of nitrogens with zero attached hydrogens (tertiary/aromatic N) is 3. The maximum Gasteiger partial charge on any atom is 0.259 e. The molecule has 0 saturated carbocycles. The van der Waals surface area contributed by atoms with E-state index in [1.165, 1.54) is 0 Å². The molecule has 1 aromatic carbocycles. The van der Waals surface area contributed by atoms with E-state index in [1.54, 1.807) is 6.07 Å². The molecule has 0 unspecified atom stereocenters. The van der Waals surface area contributed by atoms with Crippen molar-refractivity contribution in [3.8, 4) is 11.5 Å². The molecule has 2 aromatic rings. The summed E-state index contributed by atoms with van der Waals surface area (Å²) < 4.78 is 5.27. The standard InChI is InChI=1S/C14H16ClN3O2/c15-12-6-2-1-5-11(12)14-16-13(17-20-14)9-18-7-3-4-10(19)8-18/h1-2,5-6,10,19H,3-4,7-9H2/t10-/m0/s1. The number of aliphatic hydroxyl groups is 1. The van der Waals surface area contributed by atoms with Crippen LogP contribution in [-0.4, -0.2) is 39.3 Å². The maximum atomic E-state index is 9.65. The molecular weight excluding hydrogens is 278 g/mol. The van der Waals surface area contributed by atoms with Gasteiger partial charge in [0, 0.05) is 6.54 Å². The molecular formula is C14H16ClN3O2. The first kappa shape index (κ1) is 13.5. The van der Waals surface area contributed by atoms with E-state index in [2.05, 4.69) is 15.0 Å². The molecule has 0 aliphatic carbocycles. The third kappa shape index (κ3) is 3.00. The van der Waals surface area contributed by atoms with Crippen LogP contribution in [-0.2, 0) is 6.54 Å². The molecule has 106 valence electrons. The number of β-amino-alcohol motifs (C(OH)–C–C–N with tert-alkyl or cyclic N) is 1. The SMILES string of the molecule is O[C@H]1CCCN(Cc2noc(-c3ccccc3Cl)n2)C1. The number of hydrogen-bond acceptors (Lipinski definition) is 5. The lowest BCUT2D eigenvalue weighted by molar-refractivity contribution is 0.0651. The van der Waals surface area contributed by atoms with Gasteiger partial charge >= 0.3 is 0 Å². The van der Waals surface area contributed by atoms with Crippen LogP contribution in [0.25, 0.3) is 11.5 Å². The number of aromatic nitrogens is 2. The molecule has 1 N–H and O–H groups in total. The summed E-state index contributed by atoms with van der Waals surface area (Å²) in [6.45, 7) is 2.20. The first-order valence-corrected chi connectivity index (χ1v) is 7.08. The maximum absolute atomic E-state index is 9.65. The summed E-state index contributed by atoms with van der Waals surface area (Å²) in [5.74, 6) is 1.05. The molecule has 1 atom stereocenters.